The molecule has 2 aliphatic carbocycles. The van der Waals surface area contributed by atoms with Gasteiger partial charge < -0.3 is 0 Å². The van der Waals surface area contributed by atoms with Crippen LogP contribution < -0.4 is 4.72 Å². The van der Waals surface area contributed by atoms with Gasteiger partial charge in [-0.3, -0.25) is 0 Å². The van der Waals surface area contributed by atoms with Crippen molar-refractivity contribution in [2.45, 2.75) is 82.4 Å². The zero-order valence-electron chi connectivity index (χ0n) is 14.9. The van der Waals surface area contributed by atoms with Gasteiger partial charge in [0.2, 0.25) is 10.0 Å². The lowest BCUT2D eigenvalue weighted by molar-refractivity contribution is 0.331. The van der Waals surface area contributed by atoms with E-state index in [-0.39, 0.29) is 16.9 Å². The lowest BCUT2D eigenvalue weighted by Crippen LogP contribution is -2.34. The summed E-state index contributed by atoms with van der Waals surface area (Å²) in [7, 11) is -3.29. The summed E-state index contributed by atoms with van der Waals surface area (Å²) in [6.45, 7) is 10.9. The first-order chi connectivity index (χ1) is 10.5. The first-order valence-corrected chi connectivity index (χ1v) is 10.2. The molecule has 1 N–H and O–H groups in total. The standard InChI is InChI=1S/C19H29NO2S/c1-13(23(21,22)20-15-7-8-15)14-6-9-16-17(12-14)19(4,5)11-10-18(16,2)3/h6,9,12-13,15,20H,7-8,10-11H2,1-5H3. The highest BCUT2D eigenvalue weighted by molar-refractivity contribution is 7.89. The molecule has 0 bridgehead atoms. The summed E-state index contributed by atoms with van der Waals surface area (Å²) >= 11 is 0. The maximum absolute atomic E-state index is 12.5. The average Bonchev–Trinajstić information content (AvgIpc) is 3.26. The van der Waals surface area contributed by atoms with Gasteiger partial charge in [-0.2, -0.15) is 0 Å². The van der Waals surface area contributed by atoms with E-state index in [0.717, 1.165) is 24.8 Å². The lowest BCUT2D eigenvalue weighted by atomic mass is 9.63. The molecule has 0 aromatic heterocycles. The van der Waals surface area contributed by atoms with Gasteiger partial charge in [0.05, 0.1) is 5.25 Å². The number of nitrogens with one attached hydrogen (secondary N) is 1. The topological polar surface area (TPSA) is 46.2 Å². The second kappa shape index (κ2) is 5.32. The van der Waals surface area contributed by atoms with Crippen LogP contribution in [0, 0.1) is 0 Å². The second-order valence-electron chi connectivity index (χ2n) is 8.65. The van der Waals surface area contributed by atoms with Crippen LogP contribution in [0.1, 0.15) is 82.2 Å². The monoisotopic (exact) mass is 335 g/mol. The molecule has 2 aliphatic rings. The van der Waals surface area contributed by atoms with E-state index in [9.17, 15) is 8.42 Å². The Morgan fingerprint density at radius 3 is 2.17 bits per heavy atom. The number of hydrogen-bond acceptors (Lipinski definition) is 2. The van der Waals surface area contributed by atoms with Crippen molar-refractivity contribution in [3.63, 3.8) is 0 Å². The first kappa shape index (κ1) is 17.0. The predicted molar refractivity (Wildman–Crippen MR) is 95.2 cm³/mol. The Labute approximate surface area is 140 Å². The summed E-state index contributed by atoms with van der Waals surface area (Å²) in [5, 5.41) is -0.505. The van der Waals surface area contributed by atoms with Gasteiger partial charge in [0.1, 0.15) is 0 Å². The number of rotatable bonds is 4. The van der Waals surface area contributed by atoms with Gasteiger partial charge in [-0.25, -0.2) is 13.1 Å². The Balaban J connectivity index is 1.99. The summed E-state index contributed by atoms with van der Waals surface area (Å²) in [6.07, 6.45) is 4.25. The Morgan fingerprint density at radius 2 is 1.61 bits per heavy atom. The van der Waals surface area contributed by atoms with Crippen molar-refractivity contribution in [2.75, 3.05) is 0 Å². The van der Waals surface area contributed by atoms with E-state index in [1.54, 1.807) is 6.92 Å². The Kier molecular flexibility index (Phi) is 3.92. The van der Waals surface area contributed by atoms with Crippen LogP contribution in [0.3, 0.4) is 0 Å². The van der Waals surface area contributed by atoms with Crippen molar-refractivity contribution in [1.29, 1.82) is 0 Å². The highest BCUT2D eigenvalue weighted by atomic mass is 32.2. The molecular weight excluding hydrogens is 306 g/mol. The molecule has 0 spiro atoms. The summed E-state index contributed by atoms with van der Waals surface area (Å²) in [5.74, 6) is 0. The minimum atomic E-state index is -3.29. The summed E-state index contributed by atoms with van der Waals surface area (Å²) in [6, 6.07) is 6.48. The third-order valence-electron chi connectivity index (χ3n) is 5.72. The predicted octanol–water partition coefficient (Wildman–Crippen LogP) is 4.18. The molecule has 1 aromatic carbocycles. The van der Waals surface area contributed by atoms with Crippen molar-refractivity contribution >= 4 is 10.0 Å². The molecular formula is C19H29NO2S. The third kappa shape index (κ3) is 3.20. The van der Waals surface area contributed by atoms with Crippen LogP contribution in [-0.4, -0.2) is 14.5 Å². The van der Waals surface area contributed by atoms with Gasteiger partial charge in [-0.15, -0.1) is 0 Å². The van der Waals surface area contributed by atoms with Crippen molar-refractivity contribution in [1.82, 2.24) is 4.72 Å². The van der Waals surface area contributed by atoms with E-state index in [2.05, 4.69) is 44.5 Å². The summed E-state index contributed by atoms with van der Waals surface area (Å²) in [5.41, 5.74) is 3.87. The molecule has 1 aromatic rings. The van der Waals surface area contributed by atoms with Crippen LogP contribution in [0.25, 0.3) is 0 Å². The number of fused-ring (bicyclic) bond motifs is 1. The highest BCUT2D eigenvalue weighted by Crippen LogP contribution is 2.46. The van der Waals surface area contributed by atoms with Crippen molar-refractivity contribution in [3.8, 4) is 0 Å². The molecule has 1 unspecified atom stereocenters. The van der Waals surface area contributed by atoms with E-state index in [1.165, 1.54) is 17.5 Å². The molecule has 0 aliphatic heterocycles. The summed E-state index contributed by atoms with van der Waals surface area (Å²) in [4.78, 5) is 0. The molecule has 128 valence electrons. The van der Waals surface area contributed by atoms with E-state index < -0.39 is 15.3 Å². The Bertz CT molecular complexity index is 715. The Hall–Kier alpha value is -0.870. The van der Waals surface area contributed by atoms with Crippen LogP contribution in [0.4, 0.5) is 0 Å². The van der Waals surface area contributed by atoms with Gasteiger partial charge in [-0.05, 0) is 60.1 Å². The molecule has 3 nitrogen and oxygen atoms in total. The maximum Gasteiger partial charge on any atom is 0.218 e. The molecule has 0 amide bonds. The lowest BCUT2D eigenvalue weighted by Gasteiger charge is -2.42. The average molecular weight is 336 g/mol. The SMILES string of the molecule is CC(c1ccc2c(c1)C(C)(C)CCC2(C)C)S(=O)(=O)NC1CC1. The summed E-state index contributed by atoms with van der Waals surface area (Å²) < 4.78 is 27.9. The molecule has 1 saturated carbocycles. The maximum atomic E-state index is 12.5. The fourth-order valence-electron chi connectivity index (χ4n) is 3.57. The van der Waals surface area contributed by atoms with E-state index in [1.807, 2.05) is 6.07 Å². The van der Waals surface area contributed by atoms with Crippen LogP contribution in [0.5, 0.6) is 0 Å². The largest absolute Gasteiger partial charge is 0.218 e. The first-order valence-electron chi connectivity index (χ1n) is 8.69. The van der Waals surface area contributed by atoms with Gasteiger partial charge in [0.15, 0.2) is 0 Å². The van der Waals surface area contributed by atoms with Crippen LogP contribution in [0.2, 0.25) is 0 Å². The van der Waals surface area contributed by atoms with E-state index in [0.29, 0.717) is 0 Å². The molecule has 3 rings (SSSR count). The molecule has 4 heteroatoms. The van der Waals surface area contributed by atoms with E-state index >= 15 is 0 Å². The smallest absolute Gasteiger partial charge is 0.212 e. The number of hydrogen-bond donors (Lipinski definition) is 1. The fraction of sp³-hybridized carbons (Fsp3) is 0.684. The van der Waals surface area contributed by atoms with Crippen LogP contribution in [-0.2, 0) is 20.9 Å². The zero-order valence-corrected chi connectivity index (χ0v) is 15.8. The molecule has 23 heavy (non-hydrogen) atoms. The van der Waals surface area contributed by atoms with Crippen molar-refractivity contribution in [2.24, 2.45) is 0 Å². The van der Waals surface area contributed by atoms with Crippen LogP contribution in [0.15, 0.2) is 18.2 Å². The quantitative estimate of drug-likeness (QED) is 0.897. The third-order valence-corrected chi connectivity index (χ3v) is 7.58. The van der Waals surface area contributed by atoms with Gasteiger partial charge in [0, 0.05) is 6.04 Å². The minimum Gasteiger partial charge on any atom is -0.212 e. The van der Waals surface area contributed by atoms with E-state index in [4.69, 9.17) is 0 Å². The Morgan fingerprint density at radius 1 is 1.04 bits per heavy atom. The number of sulfonamides is 1. The molecule has 1 fully saturated rings. The van der Waals surface area contributed by atoms with Gasteiger partial charge in [0.25, 0.3) is 0 Å². The van der Waals surface area contributed by atoms with Gasteiger partial charge >= 0.3 is 0 Å². The normalized spacial score (nSPS) is 24.0. The molecule has 0 heterocycles. The number of benzene rings is 1. The zero-order chi connectivity index (χ0) is 17.0. The molecule has 0 saturated heterocycles. The van der Waals surface area contributed by atoms with Gasteiger partial charge in [-0.1, -0.05) is 45.9 Å². The molecule has 0 radical (unpaired) electrons. The minimum absolute atomic E-state index is 0.105. The second-order valence-corrected chi connectivity index (χ2v) is 10.7. The molecule has 1 atom stereocenters. The fourth-order valence-corrected chi connectivity index (χ4v) is 4.98. The highest BCUT2D eigenvalue weighted by Gasteiger charge is 2.38. The van der Waals surface area contributed by atoms with Crippen LogP contribution >= 0.6 is 0 Å². The van der Waals surface area contributed by atoms with Crippen molar-refractivity contribution in [3.05, 3.63) is 34.9 Å². The van der Waals surface area contributed by atoms with Crippen molar-refractivity contribution < 1.29 is 8.42 Å².